The molecule has 0 amide bonds. The van der Waals surface area contributed by atoms with Crippen molar-refractivity contribution in [3.8, 4) is 0 Å². The first-order valence-electron chi connectivity index (χ1n) is 4.31. The van der Waals surface area contributed by atoms with Crippen molar-refractivity contribution in [2.75, 3.05) is 0 Å². The van der Waals surface area contributed by atoms with Gasteiger partial charge >= 0.3 is 0 Å². The van der Waals surface area contributed by atoms with Gasteiger partial charge in [-0.25, -0.2) is 0 Å². The van der Waals surface area contributed by atoms with Gasteiger partial charge < -0.3 is 0 Å². The van der Waals surface area contributed by atoms with Crippen molar-refractivity contribution in [3.05, 3.63) is 30.6 Å². The van der Waals surface area contributed by atoms with Crippen molar-refractivity contribution in [1.82, 2.24) is 15.2 Å². The van der Waals surface area contributed by atoms with Crippen LogP contribution in [-0.2, 0) is 13.5 Å². The van der Waals surface area contributed by atoms with Crippen LogP contribution < -0.4 is 11.3 Å². The third-order valence-electron chi connectivity index (χ3n) is 1.91. The Morgan fingerprint density at radius 2 is 2.62 bits per heavy atom. The Morgan fingerprint density at radius 3 is 3.08 bits per heavy atom. The number of rotatable bonds is 5. The summed E-state index contributed by atoms with van der Waals surface area (Å²) >= 11 is 0. The molecule has 0 fully saturated rings. The molecule has 0 saturated carbocycles. The molecule has 4 nitrogen and oxygen atoms in total. The van der Waals surface area contributed by atoms with E-state index < -0.39 is 0 Å². The summed E-state index contributed by atoms with van der Waals surface area (Å²) in [4.78, 5) is 0. The lowest BCUT2D eigenvalue weighted by Crippen LogP contribution is -2.36. The molecule has 1 aromatic rings. The van der Waals surface area contributed by atoms with Crippen LogP contribution in [0.3, 0.4) is 0 Å². The van der Waals surface area contributed by atoms with Gasteiger partial charge in [0.15, 0.2) is 0 Å². The molecule has 0 bridgehead atoms. The second-order valence-corrected chi connectivity index (χ2v) is 3.07. The second-order valence-electron chi connectivity index (χ2n) is 3.07. The summed E-state index contributed by atoms with van der Waals surface area (Å²) in [5.41, 5.74) is 3.79. The Morgan fingerprint density at radius 1 is 1.85 bits per heavy atom. The highest BCUT2D eigenvalue weighted by molar-refractivity contribution is 5.01. The molecule has 0 spiro atoms. The van der Waals surface area contributed by atoms with Crippen molar-refractivity contribution in [2.24, 2.45) is 12.9 Å². The molecule has 0 aliphatic carbocycles. The summed E-state index contributed by atoms with van der Waals surface area (Å²) in [7, 11) is 1.90. The third kappa shape index (κ3) is 3.01. The first-order valence-corrected chi connectivity index (χ1v) is 4.31. The number of aromatic nitrogens is 2. The minimum atomic E-state index is 0.229. The van der Waals surface area contributed by atoms with Gasteiger partial charge in [0.25, 0.3) is 0 Å². The lowest BCUT2D eigenvalue weighted by molar-refractivity contribution is 0.522. The normalized spacial score (nSPS) is 12.8. The van der Waals surface area contributed by atoms with Gasteiger partial charge in [-0.3, -0.25) is 16.0 Å². The maximum atomic E-state index is 5.38. The van der Waals surface area contributed by atoms with Crippen LogP contribution >= 0.6 is 0 Å². The third-order valence-corrected chi connectivity index (χ3v) is 1.91. The molecule has 1 atom stereocenters. The van der Waals surface area contributed by atoms with E-state index in [2.05, 4.69) is 17.1 Å². The minimum absolute atomic E-state index is 0.229. The number of nitrogens with one attached hydrogen (secondary N) is 1. The average molecular weight is 180 g/mol. The first-order chi connectivity index (χ1) is 6.26. The largest absolute Gasteiger partial charge is 0.276 e. The maximum absolute atomic E-state index is 5.38. The zero-order valence-electron chi connectivity index (χ0n) is 7.90. The van der Waals surface area contributed by atoms with Crippen LogP contribution in [-0.4, -0.2) is 15.8 Å². The standard InChI is InChI=1S/C9H16N4/c1-3-4-8(11-10)7-9-5-6-13(2)12-9/h3,5-6,8,11H,1,4,7,10H2,2H3. The maximum Gasteiger partial charge on any atom is 0.0640 e. The summed E-state index contributed by atoms with van der Waals surface area (Å²) in [5, 5.41) is 4.27. The SMILES string of the molecule is C=CCC(Cc1ccn(C)n1)NN. The van der Waals surface area contributed by atoms with Crippen LogP contribution in [0.4, 0.5) is 0 Å². The number of nitrogens with two attached hydrogens (primary N) is 1. The van der Waals surface area contributed by atoms with E-state index in [1.165, 1.54) is 0 Å². The fourth-order valence-electron chi connectivity index (χ4n) is 1.24. The number of nitrogens with zero attached hydrogens (tertiary/aromatic N) is 2. The average Bonchev–Trinajstić information content (AvgIpc) is 2.50. The summed E-state index contributed by atoms with van der Waals surface area (Å²) in [6.45, 7) is 3.67. The molecule has 4 heteroatoms. The van der Waals surface area contributed by atoms with Gasteiger partial charge in [-0.15, -0.1) is 6.58 Å². The molecule has 1 aromatic heterocycles. The van der Waals surface area contributed by atoms with Crippen molar-refractivity contribution in [1.29, 1.82) is 0 Å². The Labute approximate surface area is 78.4 Å². The quantitative estimate of drug-likeness (QED) is 0.391. The molecular weight excluding hydrogens is 164 g/mol. The molecule has 0 aromatic carbocycles. The van der Waals surface area contributed by atoms with E-state index in [1.54, 1.807) is 4.68 Å². The molecule has 13 heavy (non-hydrogen) atoms. The van der Waals surface area contributed by atoms with Crippen molar-refractivity contribution in [2.45, 2.75) is 18.9 Å². The minimum Gasteiger partial charge on any atom is -0.276 e. The van der Waals surface area contributed by atoms with E-state index in [0.717, 1.165) is 18.5 Å². The predicted octanol–water partition coefficient (Wildman–Crippen LogP) is 0.371. The highest BCUT2D eigenvalue weighted by atomic mass is 15.3. The smallest absolute Gasteiger partial charge is 0.0640 e. The molecule has 1 unspecified atom stereocenters. The molecule has 3 N–H and O–H groups in total. The van der Waals surface area contributed by atoms with E-state index in [9.17, 15) is 0 Å². The number of hydrazine groups is 1. The molecular formula is C9H16N4. The van der Waals surface area contributed by atoms with Crippen LogP contribution in [0, 0.1) is 0 Å². The lowest BCUT2D eigenvalue weighted by Gasteiger charge is -2.11. The van der Waals surface area contributed by atoms with Gasteiger partial charge in [0.05, 0.1) is 5.69 Å². The van der Waals surface area contributed by atoms with Crippen LogP contribution in [0.5, 0.6) is 0 Å². The van der Waals surface area contributed by atoms with Gasteiger partial charge in [0.1, 0.15) is 0 Å². The zero-order chi connectivity index (χ0) is 9.68. The van der Waals surface area contributed by atoms with Gasteiger partial charge in [0, 0.05) is 25.7 Å². The molecule has 0 saturated heterocycles. The Kier molecular flexibility index (Phi) is 3.67. The highest BCUT2D eigenvalue weighted by Crippen LogP contribution is 2.02. The number of aryl methyl sites for hydroxylation is 1. The topological polar surface area (TPSA) is 55.9 Å². The summed E-state index contributed by atoms with van der Waals surface area (Å²) < 4.78 is 1.79. The van der Waals surface area contributed by atoms with E-state index in [4.69, 9.17) is 5.84 Å². The lowest BCUT2D eigenvalue weighted by atomic mass is 10.1. The van der Waals surface area contributed by atoms with Crippen LogP contribution in [0.1, 0.15) is 12.1 Å². The Bertz CT molecular complexity index is 266. The molecule has 0 radical (unpaired) electrons. The number of hydrogen-bond acceptors (Lipinski definition) is 3. The summed E-state index contributed by atoms with van der Waals surface area (Å²) in [5.74, 6) is 5.38. The fraction of sp³-hybridized carbons (Fsp3) is 0.444. The number of hydrogen-bond donors (Lipinski definition) is 2. The predicted molar refractivity (Wildman–Crippen MR) is 52.8 cm³/mol. The van der Waals surface area contributed by atoms with E-state index in [-0.39, 0.29) is 6.04 Å². The molecule has 72 valence electrons. The fourth-order valence-corrected chi connectivity index (χ4v) is 1.24. The summed E-state index contributed by atoms with van der Waals surface area (Å²) in [6, 6.07) is 2.22. The molecule has 1 heterocycles. The van der Waals surface area contributed by atoms with Crippen LogP contribution in [0.25, 0.3) is 0 Å². The van der Waals surface area contributed by atoms with Crippen molar-refractivity contribution >= 4 is 0 Å². The van der Waals surface area contributed by atoms with Crippen molar-refractivity contribution in [3.63, 3.8) is 0 Å². The monoisotopic (exact) mass is 180 g/mol. The highest BCUT2D eigenvalue weighted by Gasteiger charge is 2.06. The van der Waals surface area contributed by atoms with Crippen molar-refractivity contribution < 1.29 is 0 Å². The van der Waals surface area contributed by atoms with Gasteiger partial charge in [0.2, 0.25) is 0 Å². The zero-order valence-corrected chi connectivity index (χ0v) is 7.90. The van der Waals surface area contributed by atoms with E-state index in [1.807, 2.05) is 25.4 Å². The van der Waals surface area contributed by atoms with E-state index >= 15 is 0 Å². The first kappa shape index (κ1) is 9.95. The van der Waals surface area contributed by atoms with Gasteiger partial charge in [-0.1, -0.05) is 6.08 Å². The van der Waals surface area contributed by atoms with Crippen LogP contribution in [0.15, 0.2) is 24.9 Å². The summed E-state index contributed by atoms with van der Waals surface area (Å²) in [6.07, 6.45) is 5.47. The molecule has 0 aliphatic heterocycles. The Hall–Kier alpha value is -1.13. The van der Waals surface area contributed by atoms with Gasteiger partial charge in [-0.05, 0) is 12.5 Å². The second kappa shape index (κ2) is 4.79. The Balaban J connectivity index is 2.50. The molecule has 1 rings (SSSR count). The molecule has 0 aliphatic rings. The van der Waals surface area contributed by atoms with Crippen LogP contribution in [0.2, 0.25) is 0 Å². The van der Waals surface area contributed by atoms with E-state index in [0.29, 0.717) is 0 Å². The van der Waals surface area contributed by atoms with Gasteiger partial charge in [-0.2, -0.15) is 5.10 Å².